The Morgan fingerprint density at radius 3 is 2.62 bits per heavy atom. The molecule has 2 N–H and O–H groups in total. The molecule has 0 radical (unpaired) electrons. The Balaban J connectivity index is 1.79. The number of carbonyl (C=O) groups excluding carboxylic acids is 1. The molecule has 134 valence electrons. The number of phenols is 1. The van der Waals surface area contributed by atoms with Crippen LogP contribution < -0.4 is 5.32 Å². The van der Waals surface area contributed by atoms with Gasteiger partial charge in [-0.1, -0.05) is 35.9 Å². The van der Waals surface area contributed by atoms with Gasteiger partial charge in [-0.05, 0) is 35.4 Å². The summed E-state index contributed by atoms with van der Waals surface area (Å²) in [5.41, 5.74) is 1.79. The molecular formula is C20H20ClN3O2. The third kappa shape index (κ3) is 4.43. The molecule has 0 aliphatic carbocycles. The van der Waals surface area contributed by atoms with E-state index in [0.29, 0.717) is 11.6 Å². The van der Waals surface area contributed by atoms with Crippen LogP contribution in [0.3, 0.4) is 0 Å². The minimum atomic E-state index is -0.206. The van der Waals surface area contributed by atoms with E-state index < -0.39 is 0 Å². The molecule has 1 amide bonds. The van der Waals surface area contributed by atoms with Gasteiger partial charge in [0.25, 0.3) is 0 Å². The number of hydrogen-bond donors (Lipinski definition) is 2. The fraction of sp³-hybridized carbons (Fsp3) is 0.200. The Kier molecular flexibility index (Phi) is 5.58. The van der Waals surface area contributed by atoms with Crippen LogP contribution in [-0.2, 0) is 18.4 Å². The van der Waals surface area contributed by atoms with Crippen LogP contribution in [0, 0.1) is 0 Å². The van der Waals surface area contributed by atoms with Crippen LogP contribution in [-0.4, -0.2) is 20.6 Å². The Hall–Kier alpha value is -2.79. The number of nitrogens with zero attached hydrogens (tertiary/aromatic N) is 2. The smallest absolute Gasteiger partial charge is 0.221 e. The second-order valence-electron chi connectivity index (χ2n) is 6.14. The zero-order chi connectivity index (χ0) is 18.5. The second kappa shape index (κ2) is 8.06. The number of amides is 1. The summed E-state index contributed by atoms with van der Waals surface area (Å²) >= 11 is 6.13. The number of aromatic hydroxyl groups is 1. The molecule has 3 rings (SSSR count). The minimum Gasteiger partial charge on any atom is -0.508 e. The van der Waals surface area contributed by atoms with E-state index in [-0.39, 0.29) is 24.0 Å². The van der Waals surface area contributed by atoms with Crippen LogP contribution in [0.25, 0.3) is 0 Å². The average Bonchev–Trinajstić information content (AvgIpc) is 3.03. The number of benzene rings is 2. The molecule has 1 heterocycles. The molecule has 0 bridgehead atoms. The van der Waals surface area contributed by atoms with E-state index in [4.69, 9.17) is 11.6 Å². The summed E-state index contributed by atoms with van der Waals surface area (Å²) in [5, 5.41) is 13.3. The molecule has 0 fully saturated rings. The SMILES string of the molecule is Cn1ccnc1CNC(=O)CC(c1cccc(O)c1)c1cccc(Cl)c1. The molecule has 1 aromatic heterocycles. The maximum absolute atomic E-state index is 12.5. The van der Waals surface area contributed by atoms with Gasteiger partial charge < -0.3 is 15.0 Å². The molecule has 2 aromatic carbocycles. The summed E-state index contributed by atoms with van der Waals surface area (Å²) in [6.45, 7) is 0.366. The number of aromatic nitrogens is 2. The average molecular weight is 370 g/mol. The molecule has 1 atom stereocenters. The predicted octanol–water partition coefficient (Wildman–Crippen LogP) is 3.62. The summed E-state index contributed by atoms with van der Waals surface area (Å²) in [4.78, 5) is 16.7. The quantitative estimate of drug-likeness (QED) is 0.697. The highest BCUT2D eigenvalue weighted by Gasteiger charge is 2.19. The van der Waals surface area contributed by atoms with Crippen molar-refractivity contribution in [3.63, 3.8) is 0 Å². The first kappa shape index (κ1) is 18.0. The van der Waals surface area contributed by atoms with E-state index in [1.165, 1.54) is 0 Å². The largest absolute Gasteiger partial charge is 0.508 e. The van der Waals surface area contributed by atoms with Crippen LogP contribution in [0.4, 0.5) is 0 Å². The number of nitrogens with one attached hydrogen (secondary N) is 1. The zero-order valence-electron chi connectivity index (χ0n) is 14.4. The van der Waals surface area contributed by atoms with Gasteiger partial charge in [0.1, 0.15) is 11.6 Å². The van der Waals surface area contributed by atoms with Gasteiger partial charge in [0.15, 0.2) is 0 Å². The van der Waals surface area contributed by atoms with Crippen molar-refractivity contribution < 1.29 is 9.90 Å². The molecule has 0 aliphatic heterocycles. The normalized spacial score (nSPS) is 11.9. The standard InChI is InChI=1S/C20H20ClN3O2/c1-24-9-8-22-19(24)13-23-20(26)12-18(14-4-2-6-16(21)10-14)15-5-3-7-17(25)11-15/h2-11,18,25H,12-13H2,1H3,(H,23,26). The topological polar surface area (TPSA) is 67.2 Å². The van der Waals surface area contributed by atoms with E-state index in [2.05, 4.69) is 10.3 Å². The lowest BCUT2D eigenvalue weighted by molar-refractivity contribution is -0.121. The van der Waals surface area contributed by atoms with Crippen molar-refractivity contribution in [1.82, 2.24) is 14.9 Å². The first-order chi connectivity index (χ1) is 12.5. The van der Waals surface area contributed by atoms with E-state index >= 15 is 0 Å². The summed E-state index contributed by atoms with van der Waals surface area (Å²) in [7, 11) is 1.88. The molecule has 0 spiro atoms. The first-order valence-electron chi connectivity index (χ1n) is 8.30. The third-order valence-electron chi connectivity index (χ3n) is 4.28. The second-order valence-corrected chi connectivity index (χ2v) is 6.57. The molecular weight excluding hydrogens is 350 g/mol. The highest BCUT2D eigenvalue weighted by molar-refractivity contribution is 6.30. The molecule has 26 heavy (non-hydrogen) atoms. The van der Waals surface area contributed by atoms with Gasteiger partial charge in [-0.25, -0.2) is 4.98 Å². The van der Waals surface area contributed by atoms with E-state index in [9.17, 15) is 9.90 Å². The Morgan fingerprint density at radius 1 is 1.23 bits per heavy atom. The molecule has 6 heteroatoms. The minimum absolute atomic E-state index is 0.0960. The lowest BCUT2D eigenvalue weighted by Gasteiger charge is -2.18. The van der Waals surface area contributed by atoms with Gasteiger partial charge >= 0.3 is 0 Å². The lowest BCUT2D eigenvalue weighted by Crippen LogP contribution is -2.26. The zero-order valence-corrected chi connectivity index (χ0v) is 15.1. The van der Waals surface area contributed by atoms with Crippen molar-refractivity contribution in [1.29, 1.82) is 0 Å². The third-order valence-corrected chi connectivity index (χ3v) is 4.51. The van der Waals surface area contributed by atoms with Crippen LogP contribution in [0.1, 0.15) is 29.3 Å². The van der Waals surface area contributed by atoms with Crippen LogP contribution >= 0.6 is 11.6 Å². The fourth-order valence-corrected chi connectivity index (χ4v) is 3.09. The Morgan fingerprint density at radius 2 is 1.96 bits per heavy atom. The molecule has 0 saturated heterocycles. The number of carbonyl (C=O) groups is 1. The Labute approximate surface area is 157 Å². The number of aryl methyl sites for hydroxylation is 1. The van der Waals surface area contributed by atoms with Gasteiger partial charge in [-0.3, -0.25) is 4.79 Å². The number of phenolic OH excluding ortho intramolecular Hbond substituents is 1. The number of rotatable bonds is 6. The summed E-state index contributed by atoms with van der Waals surface area (Å²) in [6, 6.07) is 14.4. The molecule has 5 nitrogen and oxygen atoms in total. The van der Waals surface area contributed by atoms with Crippen molar-refractivity contribution in [2.24, 2.45) is 7.05 Å². The Bertz CT molecular complexity index is 862. The molecule has 3 aromatic rings. The highest BCUT2D eigenvalue weighted by Crippen LogP contribution is 2.31. The molecule has 0 saturated carbocycles. The summed E-state index contributed by atoms with van der Waals surface area (Å²) in [6.07, 6.45) is 3.78. The molecule has 0 aliphatic rings. The van der Waals surface area contributed by atoms with Crippen molar-refractivity contribution in [2.75, 3.05) is 0 Å². The van der Waals surface area contributed by atoms with Crippen LogP contribution in [0.15, 0.2) is 60.9 Å². The summed E-state index contributed by atoms with van der Waals surface area (Å²) in [5.74, 6) is 0.654. The molecule has 1 unspecified atom stereocenters. The van der Waals surface area contributed by atoms with E-state index in [0.717, 1.165) is 17.0 Å². The maximum atomic E-state index is 12.5. The predicted molar refractivity (Wildman–Crippen MR) is 101 cm³/mol. The van der Waals surface area contributed by atoms with Crippen molar-refractivity contribution in [3.05, 3.63) is 82.9 Å². The van der Waals surface area contributed by atoms with Crippen LogP contribution in [0.5, 0.6) is 5.75 Å². The van der Waals surface area contributed by atoms with Crippen molar-refractivity contribution in [2.45, 2.75) is 18.9 Å². The van der Waals surface area contributed by atoms with Gasteiger partial charge in [0.05, 0.1) is 6.54 Å². The highest BCUT2D eigenvalue weighted by atomic mass is 35.5. The first-order valence-corrected chi connectivity index (χ1v) is 8.68. The number of halogens is 1. The summed E-state index contributed by atoms with van der Waals surface area (Å²) < 4.78 is 1.87. The van der Waals surface area contributed by atoms with Gasteiger partial charge in [-0.15, -0.1) is 0 Å². The van der Waals surface area contributed by atoms with Gasteiger partial charge in [-0.2, -0.15) is 0 Å². The monoisotopic (exact) mass is 369 g/mol. The van der Waals surface area contributed by atoms with E-state index in [1.54, 1.807) is 30.5 Å². The number of imidazole rings is 1. The van der Waals surface area contributed by atoms with Crippen molar-refractivity contribution >= 4 is 17.5 Å². The fourth-order valence-electron chi connectivity index (χ4n) is 2.90. The van der Waals surface area contributed by atoms with Crippen LogP contribution in [0.2, 0.25) is 5.02 Å². The number of hydrogen-bond acceptors (Lipinski definition) is 3. The van der Waals surface area contributed by atoms with Gasteiger partial charge in [0, 0.05) is 36.8 Å². The maximum Gasteiger partial charge on any atom is 0.221 e. The lowest BCUT2D eigenvalue weighted by atomic mass is 9.88. The van der Waals surface area contributed by atoms with E-state index in [1.807, 2.05) is 42.1 Å². The van der Waals surface area contributed by atoms with Crippen molar-refractivity contribution in [3.8, 4) is 5.75 Å². The van der Waals surface area contributed by atoms with Gasteiger partial charge in [0.2, 0.25) is 5.91 Å².